The van der Waals surface area contributed by atoms with Crippen molar-refractivity contribution in [1.29, 1.82) is 0 Å². The first-order valence-corrected chi connectivity index (χ1v) is 8.41. The number of piperidine rings is 1. The van der Waals surface area contributed by atoms with Gasteiger partial charge in [-0.3, -0.25) is 9.69 Å². The Labute approximate surface area is 133 Å². The van der Waals surface area contributed by atoms with Gasteiger partial charge in [-0.05, 0) is 6.42 Å². The molecule has 3 heterocycles. The van der Waals surface area contributed by atoms with Crippen LogP contribution in [0.2, 0.25) is 0 Å². The van der Waals surface area contributed by atoms with E-state index in [1.807, 2.05) is 12.3 Å². The third-order valence-corrected chi connectivity index (χ3v) is 5.05. The monoisotopic (exact) mass is 324 g/mol. The third-order valence-electron chi connectivity index (χ3n) is 4.37. The molecule has 2 aliphatic heterocycles. The van der Waals surface area contributed by atoms with Crippen molar-refractivity contribution in [2.75, 3.05) is 25.0 Å². The first-order valence-electron chi connectivity index (χ1n) is 7.53. The van der Waals surface area contributed by atoms with E-state index in [4.69, 9.17) is 4.74 Å². The fourth-order valence-electron chi connectivity index (χ4n) is 3.11. The number of nitrogens with zero attached hydrogens (tertiary/aromatic N) is 2. The summed E-state index contributed by atoms with van der Waals surface area (Å²) in [7, 11) is 0. The van der Waals surface area contributed by atoms with Gasteiger partial charge < -0.3 is 15.4 Å². The van der Waals surface area contributed by atoms with Crippen molar-refractivity contribution in [1.82, 2.24) is 15.2 Å². The van der Waals surface area contributed by atoms with Crippen molar-refractivity contribution in [2.45, 2.75) is 37.8 Å². The second-order valence-corrected chi connectivity index (χ2v) is 6.61. The number of thiazole rings is 1. The van der Waals surface area contributed by atoms with Gasteiger partial charge >= 0.3 is 6.09 Å². The van der Waals surface area contributed by atoms with E-state index in [-0.39, 0.29) is 23.6 Å². The number of carbonyl (C=O) groups is 2. The second kappa shape index (κ2) is 6.21. The molecule has 0 aliphatic carbocycles. The minimum Gasteiger partial charge on any atom is -0.441 e. The SMILES string of the molecule is CC[C@@H](C(=O)Nc1nccs1)N1CCC2(CC1)CNC(=O)O2. The summed E-state index contributed by atoms with van der Waals surface area (Å²) < 4.78 is 5.41. The minimum absolute atomic E-state index is 0.0186. The molecule has 7 nitrogen and oxygen atoms in total. The number of likely N-dealkylation sites (tertiary alicyclic amines) is 1. The van der Waals surface area contributed by atoms with E-state index in [0.717, 1.165) is 32.4 Å². The Morgan fingerprint density at radius 2 is 2.36 bits per heavy atom. The van der Waals surface area contributed by atoms with Gasteiger partial charge in [0.1, 0.15) is 5.60 Å². The van der Waals surface area contributed by atoms with Crippen LogP contribution in [0.5, 0.6) is 0 Å². The van der Waals surface area contributed by atoms with Crippen LogP contribution in [0, 0.1) is 0 Å². The van der Waals surface area contributed by atoms with Crippen LogP contribution in [-0.4, -0.2) is 53.2 Å². The number of carbonyl (C=O) groups excluding carboxylic acids is 2. The van der Waals surface area contributed by atoms with E-state index in [1.165, 1.54) is 11.3 Å². The molecule has 2 amide bonds. The van der Waals surface area contributed by atoms with Crippen molar-refractivity contribution < 1.29 is 14.3 Å². The predicted molar refractivity (Wildman–Crippen MR) is 82.8 cm³/mol. The number of alkyl carbamates (subject to hydrolysis) is 1. The van der Waals surface area contributed by atoms with Crippen molar-refractivity contribution in [2.24, 2.45) is 0 Å². The molecule has 8 heteroatoms. The number of aromatic nitrogens is 1. The fourth-order valence-corrected chi connectivity index (χ4v) is 3.64. The lowest BCUT2D eigenvalue weighted by Crippen LogP contribution is -2.52. The summed E-state index contributed by atoms with van der Waals surface area (Å²) >= 11 is 1.41. The smallest absolute Gasteiger partial charge is 0.407 e. The van der Waals surface area contributed by atoms with Crippen LogP contribution in [0.1, 0.15) is 26.2 Å². The maximum atomic E-state index is 12.4. The van der Waals surface area contributed by atoms with Crippen LogP contribution in [-0.2, 0) is 9.53 Å². The zero-order valence-corrected chi connectivity index (χ0v) is 13.3. The Kier molecular flexibility index (Phi) is 4.30. The molecule has 1 aromatic heterocycles. The molecule has 2 saturated heterocycles. The van der Waals surface area contributed by atoms with Gasteiger partial charge in [0, 0.05) is 37.5 Å². The molecule has 22 heavy (non-hydrogen) atoms. The first-order chi connectivity index (χ1) is 10.6. The van der Waals surface area contributed by atoms with Gasteiger partial charge in [0.2, 0.25) is 5.91 Å². The molecule has 0 unspecified atom stereocenters. The zero-order valence-electron chi connectivity index (χ0n) is 12.5. The predicted octanol–water partition coefficient (Wildman–Crippen LogP) is 1.43. The van der Waals surface area contributed by atoms with Crippen molar-refractivity contribution in [3.05, 3.63) is 11.6 Å². The molecule has 0 saturated carbocycles. The molecule has 0 radical (unpaired) electrons. The normalized spacial score (nSPS) is 22.1. The molecule has 1 atom stereocenters. The molecule has 2 aliphatic rings. The lowest BCUT2D eigenvalue weighted by atomic mass is 9.90. The Hall–Kier alpha value is -1.67. The summed E-state index contributed by atoms with van der Waals surface area (Å²) in [6, 6.07) is -0.175. The van der Waals surface area contributed by atoms with E-state index in [0.29, 0.717) is 11.7 Å². The highest BCUT2D eigenvalue weighted by atomic mass is 32.1. The Morgan fingerprint density at radius 3 is 2.91 bits per heavy atom. The molecule has 1 spiro atoms. The van der Waals surface area contributed by atoms with Gasteiger partial charge in [-0.15, -0.1) is 11.3 Å². The number of amides is 2. The number of ether oxygens (including phenoxy) is 1. The Bertz CT molecular complexity index is 540. The average molecular weight is 324 g/mol. The van der Waals surface area contributed by atoms with E-state index < -0.39 is 0 Å². The zero-order chi connectivity index (χ0) is 15.6. The highest BCUT2D eigenvalue weighted by Gasteiger charge is 2.44. The summed E-state index contributed by atoms with van der Waals surface area (Å²) in [5.41, 5.74) is -0.377. The number of hydrogen-bond acceptors (Lipinski definition) is 6. The molecular weight excluding hydrogens is 304 g/mol. The summed E-state index contributed by atoms with van der Waals surface area (Å²) in [5.74, 6) is -0.0186. The number of hydrogen-bond donors (Lipinski definition) is 2. The first kappa shape index (κ1) is 15.2. The molecule has 3 rings (SSSR count). The van der Waals surface area contributed by atoms with Crippen LogP contribution in [0.3, 0.4) is 0 Å². The lowest BCUT2D eigenvalue weighted by molar-refractivity contribution is -0.123. The van der Waals surface area contributed by atoms with Crippen LogP contribution in [0.25, 0.3) is 0 Å². The van der Waals surface area contributed by atoms with Crippen molar-refractivity contribution in [3.63, 3.8) is 0 Å². The van der Waals surface area contributed by atoms with Crippen LogP contribution >= 0.6 is 11.3 Å². The molecule has 2 N–H and O–H groups in total. The lowest BCUT2D eigenvalue weighted by Gasteiger charge is -2.40. The topological polar surface area (TPSA) is 83.6 Å². The summed E-state index contributed by atoms with van der Waals surface area (Å²) in [6.45, 7) is 4.08. The molecule has 0 bridgehead atoms. The van der Waals surface area contributed by atoms with Crippen LogP contribution in [0.15, 0.2) is 11.6 Å². The van der Waals surface area contributed by atoms with Gasteiger partial charge in [0.25, 0.3) is 0 Å². The van der Waals surface area contributed by atoms with Crippen molar-refractivity contribution in [3.8, 4) is 0 Å². The van der Waals surface area contributed by atoms with E-state index in [2.05, 4.69) is 20.5 Å². The molecule has 0 aromatic carbocycles. The Morgan fingerprint density at radius 1 is 1.59 bits per heavy atom. The minimum atomic E-state index is -0.377. The summed E-state index contributed by atoms with van der Waals surface area (Å²) in [6.07, 6.45) is 3.59. The Balaban J connectivity index is 1.58. The summed E-state index contributed by atoms with van der Waals surface area (Å²) in [5, 5.41) is 8.06. The molecule has 1 aromatic rings. The van der Waals surface area contributed by atoms with E-state index in [1.54, 1.807) is 6.20 Å². The third kappa shape index (κ3) is 3.07. The fraction of sp³-hybridized carbons (Fsp3) is 0.643. The molecule has 120 valence electrons. The van der Waals surface area contributed by atoms with Gasteiger partial charge in [-0.25, -0.2) is 9.78 Å². The number of nitrogens with one attached hydrogen (secondary N) is 2. The maximum Gasteiger partial charge on any atom is 0.407 e. The van der Waals surface area contributed by atoms with E-state index in [9.17, 15) is 9.59 Å². The van der Waals surface area contributed by atoms with Gasteiger partial charge in [0.15, 0.2) is 5.13 Å². The van der Waals surface area contributed by atoms with Crippen molar-refractivity contribution >= 4 is 28.5 Å². The number of rotatable bonds is 4. The maximum absolute atomic E-state index is 12.4. The molecular formula is C14H20N4O3S. The van der Waals surface area contributed by atoms with Crippen LogP contribution in [0.4, 0.5) is 9.93 Å². The van der Waals surface area contributed by atoms with E-state index >= 15 is 0 Å². The standard InChI is InChI=1S/C14H20N4O3S/c1-2-10(11(19)17-12-15-5-8-22-12)18-6-3-14(4-7-18)9-16-13(20)21-14/h5,8,10H,2-4,6-7,9H2,1H3,(H,16,20)(H,15,17,19)/t10-/m0/s1. The summed E-state index contributed by atoms with van der Waals surface area (Å²) in [4.78, 5) is 29.9. The average Bonchev–Trinajstić information content (AvgIpc) is 3.13. The van der Waals surface area contributed by atoms with Gasteiger partial charge in [-0.1, -0.05) is 6.92 Å². The largest absolute Gasteiger partial charge is 0.441 e. The highest BCUT2D eigenvalue weighted by Crippen LogP contribution is 2.30. The van der Waals surface area contributed by atoms with Gasteiger partial charge in [0.05, 0.1) is 12.6 Å². The van der Waals surface area contributed by atoms with Crippen LogP contribution < -0.4 is 10.6 Å². The number of anilines is 1. The molecule has 2 fully saturated rings. The quantitative estimate of drug-likeness (QED) is 0.875. The van der Waals surface area contributed by atoms with Gasteiger partial charge in [-0.2, -0.15) is 0 Å². The highest BCUT2D eigenvalue weighted by molar-refractivity contribution is 7.13. The second-order valence-electron chi connectivity index (χ2n) is 5.71.